The summed E-state index contributed by atoms with van der Waals surface area (Å²) in [6.07, 6.45) is 0.538. The standard InChI is InChI=1S/C35H46N8O7S2/c1-20-30(52-19-39-20)22-10-8-21(9-11-22)15-38-32(47)24-14-23(44)17-43(24)33(48)31(35(2,3)4)41-27(46)7-5-6-26(45)37-16-29-50-28(18-51-29)42-13-12-25(36)40-34(42)49/h8-13,19,23-24,28-29,31,44H,5-7,14-18H2,1-4H3,(H,37,45)(H,38,47)(H,41,46)(H2,36,40,49)/t23-,24+,28+,29-,31-/m1/s1. The Morgan fingerprint density at radius 3 is 2.50 bits per heavy atom. The molecular formula is C35H46N8O7S2. The highest BCUT2D eigenvalue weighted by Crippen LogP contribution is 2.31. The van der Waals surface area contributed by atoms with Gasteiger partial charge in [0.1, 0.15) is 29.6 Å². The maximum Gasteiger partial charge on any atom is 0.351 e. The van der Waals surface area contributed by atoms with Crippen LogP contribution in [0.25, 0.3) is 10.4 Å². The van der Waals surface area contributed by atoms with E-state index in [9.17, 15) is 29.1 Å². The molecule has 15 nitrogen and oxygen atoms in total. The van der Waals surface area contributed by atoms with Gasteiger partial charge in [-0.1, -0.05) is 45.0 Å². The van der Waals surface area contributed by atoms with Crippen molar-refractivity contribution < 1.29 is 29.0 Å². The van der Waals surface area contributed by atoms with Crippen molar-refractivity contribution in [3.8, 4) is 10.4 Å². The summed E-state index contributed by atoms with van der Waals surface area (Å²) in [5.74, 6) is -0.874. The van der Waals surface area contributed by atoms with Crippen molar-refractivity contribution >= 4 is 52.5 Å². The molecule has 0 spiro atoms. The van der Waals surface area contributed by atoms with Crippen molar-refractivity contribution in [2.75, 3.05) is 24.6 Å². The van der Waals surface area contributed by atoms with Gasteiger partial charge in [0.25, 0.3) is 0 Å². The van der Waals surface area contributed by atoms with Crippen LogP contribution in [0.2, 0.25) is 0 Å². The average molecular weight is 755 g/mol. The fourth-order valence-corrected chi connectivity index (χ4v) is 7.89. The number of hydrogen-bond donors (Lipinski definition) is 5. The number of nitrogens with two attached hydrogens (primary N) is 1. The molecule has 17 heteroatoms. The molecule has 0 unspecified atom stereocenters. The Bertz CT molecular complexity index is 1810. The van der Waals surface area contributed by atoms with E-state index >= 15 is 0 Å². The number of nitrogens with zero attached hydrogens (tertiary/aromatic N) is 4. The number of likely N-dealkylation sites (tertiary alicyclic amines) is 1. The smallest absolute Gasteiger partial charge is 0.351 e. The molecule has 52 heavy (non-hydrogen) atoms. The lowest BCUT2D eigenvalue weighted by Gasteiger charge is -2.35. The predicted octanol–water partition coefficient (Wildman–Crippen LogP) is 1.94. The monoisotopic (exact) mass is 754 g/mol. The Labute approximate surface area is 310 Å². The first-order valence-corrected chi connectivity index (χ1v) is 19.1. The number of nitrogens with one attached hydrogen (secondary N) is 3. The topological polar surface area (TPSA) is 211 Å². The third-order valence-corrected chi connectivity index (χ3v) is 11.0. The number of aryl methyl sites for hydroxylation is 1. The molecule has 0 aliphatic carbocycles. The van der Waals surface area contributed by atoms with Gasteiger partial charge in [-0.15, -0.1) is 23.1 Å². The van der Waals surface area contributed by atoms with Gasteiger partial charge in [0.15, 0.2) is 0 Å². The third-order valence-electron chi connectivity index (χ3n) is 8.88. The minimum atomic E-state index is -0.967. The highest BCUT2D eigenvalue weighted by molar-refractivity contribution is 8.00. The second-order valence-corrected chi connectivity index (χ2v) is 16.0. The van der Waals surface area contributed by atoms with Gasteiger partial charge in [-0.2, -0.15) is 4.98 Å². The van der Waals surface area contributed by atoms with Crippen molar-refractivity contribution in [3.05, 3.63) is 63.8 Å². The van der Waals surface area contributed by atoms with E-state index < -0.39 is 47.3 Å². The van der Waals surface area contributed by atoms with Crippen molar-refractivity contribution in [2.45, 2.75) is 89.8 Å². The number of thiazole rings is 1. The average Bonchev–Trinajstić information content (AvgIpc) is 3.84. The summed E-state index contributed by atoms with van der Waals surface area (Å²) >= 11 is 3.02. The van der Waals surface area contributed by atoms with Gasteiger partial charge in [0.2, 0.25) is 23.6 Å². The van der Waals surface area contributed by atoms with E-state index in [0.29, 0.717) is 5.75 Å². The minimum Gasteiger partial charge on any atom is -0.391 e. The van der Waals surface area contributed by atoms with E-state index in [2.05, 4.69) is 25.9 Å². The zero-order valence-corrected chi connectivity index (χ0v) is 31.3. The number of nitrogen functional groups attached to an aromatic ring is 1. The number of aliphatic hydroxyl groups is 1. The van der Waals surface area contributed by atoms with Crippen molar-refractivity contribution in [1.82, 2.24) is 35.4 Å². The van der Waals surface area contributed by atoms with E-state index in [4.69, 9.17) is 10.5 Å². The van der Waals surface area contributed by atoms with E-state index in [1.54, 1.807) is 16.8 Å². The Balaban J connectivity index is 1.07. The van der Waals surface area contributed by atoms with Gasteiger partial charge in [-0.25, -0.2) is 9.78 Å². The number of benzene rings is 1. The molecule has 2 aliphatic rings. The summed E-state index contributed by atoms with van der Waals surface area (Å²) in [6.45, 7) is 7.85. The van der Waals surface area contributed by atoms with Crippen LogP contribution in [0, 0.1) is 12.3 Å². The molecule has 0 radical (unpaired) electrons. The fraction of sp³-hybridized carbons (Fsp3) is 0.514. The summed E-state index contributed by atoms with van der Waals surface area (Å²) < 4.78 is 7.22. The molecule has 5 rings (SSSR count). The van der Waals surface area contributed by atoms with Gasteiger partial charge in [0.05, 0.1) is 28.7 Å². The third kappa shape index (κ3) is 9.96. The van der Waals surface area contributed by atoms with Crippen molar-refractivity contribution in [1.29, 1.82) is 0 Å². The summed E-state index contributed by atoms with van der Waals surface area (Å²) in [5, 5.41) is 19.0. The van der Waals surface area contributed by atoms with E-state index in [0.717, 1.165) is 21.7 Å². The van der Waals surface area contributed by atoms with Crippen LogP contribution in [0.15, 0.2) is 46.8 Å². The SMILES string of the molecule is Cc1ncsc1-c1ccc(CNC(=O)[C@@H]2C[C@@H](O)CN2C(=O)[C@@H](NC(=O)CCCC(=O)NC[C@@H]2O[C@H](n3ccc(N)nc3=O)CS2)C(C)(C)C)cc1. The molecule has 2 saturated heterocycles. The molecule has 3 aromatic rings. The molecule has 4 heterocycles. The van der Waals surface area contributed by atoms with Gasteiger partial charge < -0.3 is 36.4 Å². The number of ether oxygens (including phenoxy) is 1. The second kappa shape index (κ2) is 17.0. The molecule has 1 aromatic carbocycles. The van der Waals surface area contributed by atoms with Crippen LogP contribution < -0.4 is 27.4 Å². The highest BCUT2D eigenvalue weighted by atomic mass is 32.2. The van der Waals surface area contributed by atoms with E-state index in [1.807, 2.05) is 52.0 Å². The van der Waals surface area contributed by atoms with Crippen LogP contribution in [0.3, 0.4) is 0 Å². The molecule has 0 saturated carbocycles. The maximum absolute atomic E-state index is 13.9. The van der Waals surface area contributed by atoms with Gasteiger partial charge in [-0.05, 0) is 36.0 Å². The van der Waals surface area contributed by atoms with Crippen LogP contribution in [-0.2, 0) is 30.5 Å². The number of carbonyl (C=O) groups excluding carboxylic acids is 4. The number of amides is 4. The zero-order valence-electron chi connectivity index (χ0n) is 29.7. The lowest BCUT2D eigenvalue weighted by molar-refractivity contribution is -0.144. The first kappa shape index (κ1) is 38.9. The quantitative estimate of drug-likeness (QED) is 0.170. The lowest BCUT2D eigenvalue weighted by atomic mass is 9.85. The zero-order chi connectivity index (χ0) is 37.6. The summed E-state index contributed by atoms with van der Waals surface area (Å²) in [7, 11) is 0. The molecule has 2 aliphatic heterocycles. The second-order valence-electron chi connectivity index (χ2n) is 14.0. The Morgan fingerprint density at radius 2 is 1.83 bits per heavy atom. The molecular weight excluding hydrogens is 709 g/mol. The molecule has 280 valence electrons. The molecule has 2 aromatic heterocycles. The first-order chi connectivity index (χ1) is 24.7. The number of aliphatic hydroxyl groups excluding tert-OH is 1. The summed E-state index contributed by atoms with van der Waals surface area (Å²) in [4.78, 5) is 75.3. The number of hydrogen-bond acceptors (Lipinski definition) is 12. The largest absolute Gasteiger partial charge is 0.391 e. The Morgan fingerprint density at radius 1 is 1.10 bits per heavy atom. The molecule has 6 N–H and O–H groups in total. The van der Waals surface area contributed by atoms with Crippen molar-refractivity contribution in [2.24, 2.45) is 5.41 Å². The number of rotatable bonds is 13. The summed E-state index contributed by atoms with van der Waals surface area (Å²) in [5.41, 5.74) is 8.66. The van der Waals surface area contributed by atoms with Crippen LogP contribution in [-0.4, -0.2) is 90.6 Å². The minimum absolute atomic E-state index is 0.00494. The maximum atomic E-state index is 13.9. The lowest BCUT2D eigenvalue weighted by Crippen LogP contribution is -2.57. The number of thioether (sulfide) groups is 1. The fourth-order valence-electron chi connectivity index (χ4n) is 6.05. The number of anilines is 1. The molecule has 5 atom stereocenters. The number of carbonyl (C=O) groups is 4. The number of β-amino-alcohol motifs (C(OH)–C–C–N with tert-alkyl or cyclic N) is 1. The number of aromatic nitrogens is 3. The van der Waals surface area contributed by atoms with Crippen LogP contribution in [0.5, 0.6) is 0 Å². The predicted molar refractivity (Wildman–Crippen MR) is 198 cm³/mol. The van der Waals surface area contributed by atoms with Crippen LogP contribution in [0.4, 0.5) is 5.82 Å². The Kier molecular flexibility index (Phi) is 12.7. The molecule has 2 fully saturated rings. The van der Waals surface area contributed by atoms with Crippen molar-refractivity contribution in [3.63, 3.8) is 0 Å². The van der Waals surface area contributed by atoms with Gasteiger partial charge in [0, 0.05) is 44.3 Å². The first-order valence-electron chi connectivity index (χ1n) is 17.1. The van der Waals surface area contributed by atoms with Gasteiger partial charge >= 0.3 is 5.69 Å². The van der Waals surface area contributed by atoms with Gasteiger partial charge in [-0.3, -0.25) is 23.7 Å². The highest BCUT2D eigenvalue weighted by Gasteiger charge is 2.44. The van der Waals surface area contributed by atoms with Crippen LogP contribution in [0.1, 0.15) is 63.9 Å². The molecule has 4 amide bonds. The van der Waals surface area contributed by atoms with E-state index in [-0.39, 0.29) is 68.4 Å². The Hall–Kier alpha value is -4.32. The normalized spacial score (nSPS) is 20.8. The summed E-state index contributed by atoms with van der Waals surface area (Å²) in [6, 6.07) is 7.47. The van der Waals surface area contributed by atoms with Crippen LogP contribution >= 0.6 is 23.1 Å². The van der Waals surface area contributed by atoms with E-state index in [1.165, 1.54) is 33.5 Å². The molecule has 0 bridgehead atoms.